The molecule has 0 amide bonds. The van der Waals surface area contributed by atoms with E-state index in [4.69, 9.17) is 4.74 Å². The Morgan fingerprint density at radius 2 is 1.65 bits per heavy atom. The summed E-state index contributed by atoms with van der Waals surface area (Å²) in [6.07, 6.45) is 1.69. The van der Waals surface area contributed by atoms with Crippen LogP contribution in [0.4, 0.5) is 8.78 Å². The molecular weight excluding hydrogens is 332 g/mol. The minimum Gasteiger partial charge on any atom is -0.489 e. The van der Waals surface area contributed by atoms with Crippen LogP contribution in [-0.4, -0.2) is 0 Å². The van der Waals surface area contributed by atoms with E-state index in [1.54, 1.807) is 42.5 Å². The summed E-state index contributed by atoms with van der Waals surface area (Å²) in [5, 5.41) is 9.32. The smallest absolute Gasteiger partial charge is 0.123 e. The lowest BCUT2D eigenvalue weighted by Crippen LogP contribution is -1.95. The molecule has 128 valence electrons. The summed E-state index contributed by atoms with van der Waals surface area (Å²) in [7, 11) is 0. The molecule has 0 fully saturated rings. The van der Waals surface area contributed by atoms with Crippen LogP contribution in [0.2, 0.25) is 0 Å². The maximum Gasteiger partial charge on any atom is 0.123 e. The van der Waals surface area contributed by atoms with Crippen molar-refractivity contribution in [1.29, 1.82) is 5.26 Å². The van der Waals surface area contributed by atoms with Crippen molar-refractivity contribution < 1.29 is 13.5 Å². The summed E-state index contributed by atoms with van der Waals surface area (Å²) >= 11 is 0. The van der Waals surface area contributed by atoms with E-state index in [2.05, 4.69) is 6.07 Å². The lowest BCUT2D eigenvalue weighted by atomic mass is 10.0. The van der Waals surface area contributed by atoms with Crippen molar-refractivity contribution >= 4 is 11.6 Å². The second kappa shape index (κ2) is 8.09. The summed E-state index contributed by atoms with van der Waals surface area (Å²) in [5.74, 6) is 0.000383. The van der Waals surface area contributed by atoms with E-state index in [1.165, 1.54) is 24.3 Å². The number of ether oxygens (including phenoxy) is 1. The predicted molar refractivity (Wildman–Crippen MR) is 97.1 cm³/mol. The Kier molecular flexibility index (Phi) is 5.40. The van der Waals surface area contributed by atoms with Crippen LogP contribution in [0.25, 0.3) is 11.6 Å². The van der Waals surface area contributed by atoms with E-state index >= 15 is 0 Å². The van der Waals surface area contributed by atoms with E-state index in [1.807, 2.05) is 12.1 Å². The third-order valence-corrected chi connectivity index (χ3v) is 3.77. The molecule has 0 atom stereocenters. The highest BCUT2D eigenvalue weighted by Crippen LogP contribution is 2.21. The maximum atomic E-state index is 13.3. The highest BCUT2D eigenvalue weighted by Gasteiger charge is 2.03. The zero-order chi connectivity index (χ0) is 18.4. The van der Waals surface area contributed by atoms with Crippen LogP contribution in [-0.2, 0) is 6.61 Å². The highest BCUT2D eigenvalue weighted by molar-refractivity contribution is 5.89. The van der Waals surface area contributed by atoms with Gasteiger partial charge in [-0.3, -0.25) is 0 Å². The van der Waals surface area contributed by atoms with Crippen molar-refractivity contribution in [3.8, 4) is 11.8 Å². The molecule has 26 heavy (non-hydrogen) atoms. The molecule has 0 bridgehead atoms. The predicted octanol–water partition coefficient (Wildman–Crippen LogP) is 5.61. The van der Waals surface area contributed by atoms with Crippen LogP contribution in [0.3, 0.4) is 0 Å². The molecule has 0 aromatic heterocycles. The molecular formula is C22H15F2NO. The van der Waals surface area contributed by atoms with E-state index < -0.39 is 0 Å². The van der Waals surface area contributed by atoms with Crippen LogP contribution in [0.5, 0.6) is 5.75 Å². The van der Waals surface area contributed by atoms with E-state index in [0.29, 0.717) is 23.5 Å². The minimum absolute atomic E-state index is 0.281. The first kappa shape index (κ1) is 17.4. The van der Waals surface area contributed by atoms with Crippen molar-refractivity contribution in [1.82, 2.24) is 0 Å². The van der Waals surface area contributed by atoms with Gasteiger partial charge in [-0.1, -0.05) is 36.4 Å². The maximum absolute atomic E-state index is 13.3. The summed E-state index contributed by atoms with van der Waals surface area (Å²) in [5.41, 5.74) is 2.59. The summed E-state index contributed by atoms with van der Waals surface area (Å²) < 4.78 is 31.9. The summed E-state index contributed by atoms with van der Waals surface area (Å²) in [4.78, 5) is 0. The van der Waals surface area contributed by atoms with Gasteiger partial charge in [0.25, 0.3) is 0 Å². The van der Waals surface area contributed by atoms with Gasteiger partial charge >= 0.3 is 0 Å². The number of allylic oxidation sites excluding steroid dienone is 1. The number of benzene rings is 3. The van der Waals surface area contributed by atoms with Gasteiger partial charge in [-0.25, -0.2) is 8.78 Å². The number of hydrogen-bond acceptors (Lipinski definition) is 2. The van der Waals surface area contributed by atoms with Crippen LogP contribution < -0.4 is 4.74 Å². The van der Waals surface area contributed by atoms with Crippen molar-refractivity contribution in [2.45, 2.75) is 6.61 Å². The summed E-state index contributed by atoms with van der Waals surface area (Å²) in [6.45, 7) is 0.336. The SMILES string of the molecule is N#C/C(=C/c1ccc(OCc2ccc(F)cc2)cc1)c1cccc(F)c1. The molecule has 0 saturated carbocycles. The number of nitriles is 1. The molecule has 0 heterocycles. The summed E-state index contributed by atoms with van der Waals surface area (Å²) in [6, 6.07) is 21.4. The Morgan fingerprint density at radius 3 is 2.31 bits per heavy atom. The van der Waals surface area contributed by atoms with Crippen LogP contribution in [0.1, 0.15) is 16.7 Å². The van der Waals surface area contributed by atoms with Crippen molar-refractivity contribution in [3.05, 3.63) is 101 Å². The topological polar surface area (TPSA) is 33.0 Å². The Morgan fingerprint density at radius 1 is 0.923 bits per heavy atom. The quantitative estimate of drug-likeness (QED) is 0.444. The van der Waals surface area contributed by atoms with E-state index in [9.17, 15) is 14.0 Å². The fraction of sp³-hybridized carbons (Fsp3) is 0.0455. The molecule has 0 unspecified atom stereocenters. The average Bonchev–Trinajstić information content (AvgIpc) is 2.66. The standard InChI is InChI=1S/C22H15F2NO/c23-20-8-4-17(5-9-20)15-26-22-10-6-16(7-11-22)12-19(14-25)18-2-1-3-21(24)13-18/h1-13H,15H2/b19-12-. The van der Waals surface area contributed by atoms with Gasteiger partial charge in [0.2, 0.25) is 0 Å². The molecule has 0 aliphatic rings. The van der Waals surface area contributed by atoms with Gasteiger partial charge in [-0.2, -0.15) is 5.26 Å². The van der Waals surface area contributed by atoms with E-state index in [0.717, 1.165) is 11.1 Å². The van der Waals surface area contributed by atoms with Crippen molar-refractivity contribution in [2.75, 3.05) is 0 Å². The lowest BCUT2D eigenvalue weighted by Gasteiger charge is -2.07. The lowest BCUT2D eigenvalue weighted by molar-refractivity contribution is 0.306. The molecule has 0 saturated heterocycles. The van der Waals surface area contributed by atoms with Gasteiger partial charge in [-0.05, 0) is 59.2 Å². The first-order valence-electron chi connectivity index (χ1n) is 7.99. The van der Waals surface area contributed by atoms with Gasteiger partial charge in [0.1, 0.15) is 24.0 Å². The zero-order valence-corrected chi connectivity index (χ0v) is 13.8. The Balaban J connectivity index is 1.70. The number of hydrogen-bond donors (Lipinski definition) is 0. The molecule has 0 radical (unpaired) electrons. The number of rotatable bonds is 5. The Bertz CT molecular complexity index is 955. The van der Waals surface area contributed by atoms with Crippen molar-refractivity contribution in [2.24, 2.45) is 0 Å². The molecule has 0 aliphatic carbocycles. The zero-order valence-electron chi connectivity index (χ0n) is 13.8. The molecule has 3 aromatic rings. The average molecular weight is 347 g/mol. The largest absolute Gasteiger partial charge is 0.489 e. The third kappa shape index (κ3) is 4.55. The fourth-order valence-corrected chi connectivity index (χ4v) is 2.41. The Hall–Kier alpha value is -3.45. The number of halogens is 2. The monoisotopic (exact) mass is 347 g/mol. The van der Waals surface area contributed by atoms with E-state index in [-0.39, 0.29) is 11.6 Å². The second-order valence-electron chi connectivity index (χ2n) is 5.66. The third-order valence-electron chi connectivity index (χ3n) is 3.77. The molecule has 3 aromatic carbocycles. The van der Waals surface area contributed by atoms with Gasteiger partial charge in [0.05, 0.1) is 11.6 Å². The second-order valence-corrected chi connectivity index (χ2v) is 5.66. The van der Waals surface area contributed by atoms with Gasteiger partial charge in [0.15, 0.2) is 0 Å². The van der Waals surface area contributed by atoms with Crippen LogP contribution in [0, 0.1) is 23.0 Å². The van der Waals surface area contributed by atoms with Gasteiger partial charge < -0.3 is 4.74 Å². The molecule has 0 aliphatic heterocycles. The Labute approximate surface area is 150 Å². The molecule has 4 heteroatoms. The normalized spacial score (nSPS) is 11.0. The van der Waals surface area contributed by atoms with Gasteiger partial charge in [0, 0.05) is 0 Å². The fourth-order valence-electron chi connectivity index (χ4n) is 2.41. The highest BCUT2D eigenvalue weighted by atomic mass is 19.1. The molecule has 3 rings (SSSR count). The molecule has 0 N–H and O–H groups in total. The molecule has 0 spiro atoms. The van der Waals surface area contributed by atoms with Crippen LogP contribution >= 0.6 is 0 Å². The van der Waals surface area contributed by atoms with Gasteiger partial charge in [-0.15, -0.1) is 0 Å². The van der Waals surface area contributed by atoms with Crippen LogP contribution in [0.15, 0.2) is 72.8 Å². The van der Waals surface area contributed by atoms with Crippen molar-refractivity contribution in [3.63, 3.8) is 0 Å². The minimum atomic E-state index is -0.381. The first-order chi connectivity index (χ1) is 12.6. The molecule has 2 nitrogen and oxygen atoms in total. The number of nitrogens with zero attached hydrogens (tertiary/aromatic N) is 1. The first-order valence-corrected chi connectivity index (χ1v) is 7.99.